The minimum atomic E-state index is -0.195. The Bertz CT molecular complexity index is 485. The average molecular weight is 334 g/mol. The van der Waals surface area contributed by atoms with Gasteiger partial charge in [0.15, 0.2) is 0 Å². The zero-order valence-electron chi connectivity index (χ0n) is 15.1. The molecule has 0 aromatic heterocycles. The van der Waals surface area contributed by atoms with Crippen molar-refractivity contribution in [2.24, 2.45) is 11.8 Å². The molecular formula is C19H30N2O3. The molecule has 0 saturated heterocycles. The van der Waals surface area contributed by atoms with Gasteiger partial charge < -0.3 is 15.7 Å². The number of carbonyl (C=O) groups excluding carboxylic acids is 2. The van der Waals surface area contributed by atoms with Crippen LogP contribution >= 0.6 is 0 Å². The first-order valence-electron chi connectivity index (χ1n) is 8.64. The zero-order chi connectivity index (χ0) is 18.1. The second-order valence-corrected chi connectivity index (χ2v) is 6.70. The minimum Gasteiger partial charge on any atom is -0.394 e. The highest BCUT2D eigenvalue weighted by atomic mass is 16.3. The van der Waals surface area contributed by atoms with Crippen LogP contribution in [0.3, 0.4) is 0 Å². The van der Waals surface area contributed by atoms with E-state index in [0.29, 0.717) is 24.7 Å². The summed E-state index contributed by atoms with van der Waals surface area (Å²) < 4.78 is 0. The Balaban J connectivity index is 2.51. The Kier molecular flexibility index (Phi) is 8.47. The Morgan fingerprint density at radius 1 is 1.08 bits per heavy atom. The molecular weight excluding hydrogens is 304 g/mol. The van der Waals surface area contributed by atoms with E-state index in [-0.39, 0.29) is 30.9 Å². The van der Waals surface area contributed by atoms with Gasteiger partial charge in [-0.3, -0.25) is 9.59 Å². The van der Waals surface area contributed by atoms with Gasteiger partial charge in [0.25, 0.3) is 0 Å². The van der Waals surface area contributed by atoms with Crippen molar-refractivity contribution in [3.63, 3.8) is 0 Å². The monoisotopic (exact) mass is 334 g/mol. The highest BCUT2D eigenvalue weighted by molar-refractivity contribution is 5.90. The van der Waals surface area contributed by atoms with E-state index >= 15 is 0 Å². The van der Waals surface area contributed by atoms with Gasteiger partial charge in [0, 0.05) is 12.1 Å². The van der Waals surface area contributed by atoms with Crippen molar-refractivity contribution in [1.29, 1.82) is 0 Å². The zero-order valence-corrected chi connectivity index (χ0v) is 15.1. The molecule has 0 bridgehead atoms. The molecule has 0 fully saturated rings. The fourth-order valence-corrected chi connectivity index (χ4v) is 2.19. The number of benzene rings is 1. The van der Waals surface area contributed by atoms with Crippen molar-refractivity contribution in [1.82, 2.24) is 5.32 Å². The maximum absolute atomic E-state index is 12.0. The summed E-state index contributed by atoms with van der Waals surface area (Å²) in [6.45, 7) is 8.15. The molecule has 2 amide bonds. The Hall–Kier alpha value is -1.88. The first kappa shape index (κ1) is 20.2. The van der Waals surface area contributed by atoms with Crippen molar-refractivity contribution < 1.29 is 14.7 Å². The molecule has 0 saturated carbocycles. The summed E-state index contributed by atoms with van der Waals surface area (Å²) in [7, 11) is 0. The molecule has 1 aromatic rings. The van der Waals surface area contributed by atoms with E-state index in [2.05, 4.69) is 31.4 Å². The molecule has 0 spiro atoms. The van der Waals surface area contributed by atoms with Gasteiger partial charge in [-0.15, -0.1) is 0 Å². The number of hydrogen-bond donors (Lipinski definition) is 3. The minimum absolute atomic E-state index is 0.00965. The smallest absolute Gasteiger partial charge is 0.224 e. The van der Waals surface area contributed by atoms with E-state index < -0.39 is 0 Å². The van der Waals surface area contributed by atoms with Crippen molar-refractivity contribution in [2.45, 2.75) is 53.0 Å². The molecule has 0 radical (unpaired) electrons. The highest BCUT2D eigenvalue weighted by Gasteiger charge is 2.13. The molecule has 5 heteroatoms. The largest absolute Gasteiger partial charge is 0.394 e. The molecule has 0 aliphatic carbocycles. The quantitative estimate of drug-likeness (QED) is 0.650. The fraction of sp³-hybridized carbons (Fsp3) is 0.579. The van der Waals surface area contributed by atoms with Gasteiger partial charge in [0.2, 0.25) is 11.8 Å². The molecule has 2 unspecified atom stereocenters. The maximum atomic E-state index is 12.0. The SMILES string of the molecule is CCC(CO)NC(=O)Cc1ccc(NC(=O)CC(C)C(C)C)cc1. The molecule has 0 aliphatic rings. The second kappa shape index (κ2) is 10.1. The van der Waals surface area contributed by atoms with Gasteiger partial charge in [-0.05, 0) is 36.0 Å². The average Bonchev–Trinajstić information content (AvgIpc) is 2.54. The second-order valence-electron chi connectivity index (χ2n) is 6.70. The molecule has 24 heavy (non-hydrogen) atoms. The first-order chi connectivity index (χ1) is 11.3. The van der Waals surface area contributed by atoms with Gasteiger partial charge in [-0.2, -0.15) is 0 Å². The Morgan fingerprint density at radius 2 is 1.71 bits per heavy atom. The molecule has 5 nitrogen and oxygen atoms in total. The van der Waals surface area contributed by atoms with Gasteiger partial charge >= 0.3 is 0 Å². The normalized spacial score (nSPS) is 13.4. The van der Waals surface area contributed by atoms with Crippen LogP contribution in [0.5, 0.6) is 0 Å². The van der Waals surface area contributed by atoms with Crippen LogP contribution in [0, 0.1) is 11.8 Å². The molecule has 0 aliphatic heterocycles. The number of anilines is 1. The number of aliphatic hydroxyl groups is 1. The summed E-state index contributed by atoms with van der Waals surface area (Å²) >= 11 is 0. The van der Waals surface area contributed by atoms with Gasteiger partial charge in [0.1, 0.15) is 0 Å². The third-order valence-corrected chi connectivity index (χ3v) is 4.33. The van der Waals surface area contributed by atoms with E-state index in [4.69, 9.17) is 5.11 Å². The molecule has 1 rings (SSSR count). The van der Waals surface area contributed by atoms with Crippen LogP contribution in [0.15, 0.2) is 24.3 Å². The fourth-order valence-electron chi connectivity index (χ4n) is 2.19. The standard InChI is InChI=1S/C19H30N2O3/c1-5-16(12-22)20-19(24)11-15-6-8-17(9-7-15)21-18(23)10-14(4)13(2)3/h6-9,13-14,16,22H,5,10-12H2,1-4H3,(H,20,24)(H,21,23). The summed E-state index contributed by atoms with van der Waals surface area (Å²) in [5.41, 5.74) is 1.61. The highest BCUT2D eigenvalue weighted by Crippen LogP contribution is 2.16. The van der Waals surface area contributed by atoms with Crippen LogP contribution in [0.1, 0.15) is 46.1 Å². The summed E-state index contributed by atoms with van der Waals surface area (Å²) in [5, 5.41) is 14.8. The number of hydrogen-bond acceptors (Lipinski definition) is 3. The summed E-state index contributed by atoms with van der Waals surface area (Å²) in [6.07, 6.45) is 1.46. The lowest BCUT2D eigenvalue weighted by molar-refractivity contribution is -0.121. The molecule has 0 heterocycles. The lowest BCUT2D eigenvalue weighted by Gasteiger charge is -2.15. The lowest BCUT2D eigenvalue weighted by atomic mass is 9.94. The van der Waals surface area contributed by atoms with E-state index in [1.807, 2.05) is 31.2 Å². The number of nitrogens with one attached hydrogen (secondary N) is 2. The molecule has 2 atom stereocenters. The summed E-state index contributed by atoms with van der Waals surface area (Å²) in [4.78, 5) is 23.9. The van der Waals surface area contributed by atoms with E-state index in [1.165, 1.54) is 0 Å². The van der Waals surface area contributed by atoms with Crippen LogP contribution in [-0.2, 0) is 16.0 Å². The third-order valence-electron chi connectivity index (χ3n) is 4.33. The van der Waals surface area contributed by atoms with Crippen molar-refractivity contribution >= 4 is 17.5 Å². The molecule has 3 N–H and O–H groups in total. The predicted molar refractivity (Wildman–Crippen MR) is 96.7 cm³/mol. The number of amides is 2. The number of carbonyl (C=O) groups is 2. The van der Waals surface area contributed by atoms with Crippen LogP contribution in [-0.4, -0.2) is 29.6 Å². The van der Waals surface area contributed by atoms with E-state index in [0.717, 1.165) is 11.3 Å². The Morgan fingerprint density at radius 3 is 2.21 bits per heavy atom. The third kappa shape index (κ3) is 7.13. The van der Waals surface area contributed by atoms with Crippen LogP contribution < -0.4 is 10.6 Å². The van der Waals surface area contributed by atoms with Crippen molar-refractivity contribution in [3.8, 4) is 0 Å². The summed E-state index contributed by atoms with van der Waals surface area (Å²) in [6, 6.07) is 7.09. The first-order valence-corrected chi connectivity index (χ1v) is 8.64. The molecule has 134 valence electrons. The Labute approximate surface area is 144 Å². The lowest BCUT2D eigenvalue weighted by Crippen LogP contribution is -2.37. The number of aliphatic hydroxyl groups excluding tert-OH is 1. The molecule has 1 aromatic carbocycles. The van der Waals surface area contributed by atoms with Crippen molar-refractivity contribution in [2.75, 3.05) is 11.9 Å². The van der Waals surface area contributed by atoms with Crippen LogP contribution in [0.2, 0.25) is 0 Å². The van der Waals surface area contributed by atoms with E-state index in [1.54, 1.807) is 0 Å². The van der Waals surface area contributed by atoms with E-state index in [9.17, 15) is 9.59 Å². The predicted octanol–water partition coefficient (Wildman–Crippen LogP) is 2.74. The topological polar surface area (TPSA) is 78.4 Å². The van der Waals surface area contributed by atoms with Crippen molar-refractivity contribution in [3.05, 3.63) is 29.8 Å². The summed E-state index contributed by atoms with van der Waals surface area (Å²) in [5.74, 6) is 0.711. The number of rotatable bonds is 9. The van der Waals surface area contributed by atoms with Crippen LogP contribution in [0.25, 0.3) is 0 Å². The van der Waals surface area contributed by atoms with Gasteiger partial charge in [-0.25, -0.2) is 0 Å². The van der Waals surface area contributed by atoms with Crippen LogP contribution in [0.4, 0.5) is 5.69 Å². The maximum Gasteiger partial charge on any atom is 0.224 e. The van der Waals surface area contributed by atoms with Gasteiger partial charge in [0.05, 0.1) is 19.1 Å². The van der Waals surface area contributed by atoms with Gasteiger partial charge in [-0.1, -0.05) is 39.8 Å².